The van der Waals surface area contributed by atoms with Crippen molar-refractivity contribution in [2.45, 2.75) is 0 Å². The average Bonchev–Trinajstić information content (AvgIpc) is 2.73. The Bertz CT molecular complexity index is 951. The highest BCUT2D eigenvalue weighted by atomic mass is 16.5. The maximum atomic E-state index is 12.3. The van der Waals surface area contributed by atoms with Crippen molar-refractivity contribution >= 4 is 23.3 Å². The molecule has 0 aliphatic carbocycles. The molecule has 0 aromatic heterocycles. The Morgan fingerprint density at radius 3 is 2.18 bits per heavy atom. The van der Waals surface area contributed by atoms with E-state index in [0.717, 1.165) is 16.8 Å². The number of hydrogen-bond acceptors (Lipinski definition) is 4. The van der Waals surface area contributed by atoms with Gasteiger partial charge >= 0.3 is 5.97 Å². The van der Waals surface area contributed by atoms with Crippen molar-refractivity contribution in [3.63, 3.8) is 0 Å². The first-order chi connectivity index (χ1) is 13.5. The lowest BCUT2D eigenvalue weighted by Crippen LogP contribution is -2.21. The number of benzene rings is 3. The van der Waals surface area contributed by atoms with E-state index in [1.165, 1.54) is 0 Å². The first kappa shape index (κ1) is 19.2. The Hall–Kier alpha value is -3.60. The molecule has 0 unspecified atom stereocenters. The number of amides is 1. The lowest BCUT2D eigenvalue weighted by Gasteiger charge is -2.13. The summed E-state index contributed by atoms with van der Waals surface area (Å²) in [4.78, 5) is 26.4. The highest BCUT2D eigenvalue weighted by molar-refractivity contribution is 5.98. The number of anilines is 2. The number of carbonyl (C=O) groups is 2. The van der Waals surface area contributed by atoms with Gasteiger partial charge in [0.05, 0.1) is 5.56 Å². The van der Waals surface area contributed by atoms with E-state index in [2.05, 4.69) is 5.32 Å². The highest BCUT2D eigenvalue weighted by Crippen LogP contribution is 2.27. The maximum Gasteiger partial charge on any atom is 0.338 e. The van der Waals surface area contributed by atoms with Gasteiger partial charge in [-0.3, -0.25) is 4.79 Å². The Balaban J connectivity index is 1.61. The van der Waals surface area contributed by atoms with Gasteiger partial charge in [0.25, 0.3) is 5.91 Å². The number of esters is 1. The highest BCUT2D eigenvalue weighted by Gasteiger charge is 2.12. The topological polar surface area (TPSA) is 58.6 Å². The van der Waals surface area contributed by atoms with Gasteiger partial charge in [0.15, 0.2) is 6.61 Å². The summed E-state index contributed by atoms with van der Waals surface area (Å²) in [7, 11) is 3.84. The molecule has 1 N–H and O–H groups in total. The lowest BCUT2D eigenvalue weighted by atomic mass is 10.0. The fourth-order valence-electron chi connectivity index (χ4n) is 2.76. The third kappa shape index (κ3) is 4.76. The van der Waals surface area contributed by atoms with Crippen LogP contribution in [0.15, 0.2) is 78.9 Å². The molecule has 0 radical (unpaired) electrons. The summed E-state index contributed by atoms with van der Waals surface area (Å²) < 4.78 is 5.14. The minimum absolute atomic E-state index is 0.350. The van der Waals surface area contributed by atoms with Crippen LogP contribution in [-0.4, -0.2) is 32.6 Å². The summed E-state index contributed by atoms with van der Waals surface area (Å²) >= 11 is 0. The molecule has 3 aromatic carbocycles. The molecule has 0 aliphatic rings. The third-order valence-electron chi connectivity index (χ3n) is 4.24. The molecule has 0 heterocycles. The van der Waals surface area contributed by atoms with Gasteiger partial charge in [-0.15, -0.1) is 0 Å². The zero-order valence-corrected chi connectivity index (χ0v) is 15.9. The van der Waals surface area contributed by atoms with Crippen molar-refractivity contribution in [2.75, 3.05) is 30.9 Å². The molecule has 3 aromatic rings. The second kappa shape index (κ2) is 8.86. The summed E-state index contributed by atoms with van der Waals surface area (Å²) in [6, 6.07) is 24.3. The zero-order chi connectivity index (χ0) is 19.9. The molecule has 5 heteroatoms. The van der Waals surface area contributed by atoms with Crippen LogP contribution >= 0.6 is 0 Å². The number of nitrogens with one attached hydrogen (secondary N) is 1. The van der Waals surface area contributed by atoms with Gasteiger partial charge in [-0.05, 0) is 35.9 Å². The lowest BCUT2D eigenvalue weighted by molar-refractivity contribution is -0.119. The number of nitrogens with zero attached hydrogens (tertiary/aromatic N) is 1. The summed E-state index contributed by atoms with van der Waals surface area (Å²) in [6.07, 6.45) is 0. The van der Waals surface area contributed by atoms with Crippen LogP contribution in [0.3, 0.4) is 0 Å². The van der Waals surface area contributed by atoms with Crippen LogP contribution in [0.1, 0.15) is 10.4 Å². The third-order valence-corrected chi connectivity index (χ3v) is 4.24. The van der Waals surface area contributed by atoms with Gasteiger partial charge in [0, 0.05) is 31.0 Å². The van der Waals surface area contributed by atoms with Crippen LogP contribution in [-0.2, 0) is 9.53 Å². The van der Waals surface area contributed by atoms with Crippen molar-refractivity contribution < 1.29 is 14.3 Å². The zero-order valence-electron chi connectivity index (χ0n) is 15.9. The predicted molar refractivity (Wildman–Crippen MR) is 112 cm³/mol. The fourth-order valence-corrected chi connectivity index (χ4v) is 2.76. The number of rotatable bonds is 6. The molecule has 0 saturated heterocycles. The number of hydrogen-bond donors (Lipinski definition) is 1. The van der Waals surface area contributed by atoms with Gasteiger partial charge in [-0.25, -0.2) is 4.79 Å². The Morgan fingerprint density at radius 1 is 0.857 bits per heavy atom. The van der Waals surface area contributed by atoms with E-state index in [1.807, 2.05) is 85.7 Å². The molecule has 142 valence electrons. The fraction of sp³-hybridized carbons (Fsp3) is 0.130. The van der Waals surface area contributed by atoms with Crippen LogP contribution in [0, 0.1) is 0 Å². The van der Waals surface area contributed by atoms with Crippen LogP contribution in [0.4, 0.5) is 11.4 Å². The van der Waals surface area contributed by atoms with E-state index >= 15 is 0 Å². The van der Waals surface area contributed by atoms with Gasteiger partial charge in [-0.2, -0.15) is 0 Å². The summed E-state index contributed by atoms with van der Waals surface area (Å²) in [5.74, 6) is -0.918. The Morgan fingerprint density at radius 2 is 1.50 bits per heavy atom. The van der Waals surface area contributed by atoms with Gasteiger partial charge in [0.1, 0.15) is 0 Å². The quantitative estimate of drug-likeness (QED) is 0.657. The number of ether oxygens (including phenoxy) is 1. The minimum atomic E-state index is -0.531. The average molecular weight is 374 g/mol. The second-order valence-electron chi connectivity index (χ2n) is 6.48. The Kier molecular flexibility index (Phi) is 6.07. The maximum absolute atomic E-state index is 12.3. The smallest absolute Gasteiger partial charge is 0.338 e. The van der Waals surface area contributed by atoms with E-state index < -0.39 is 5.97 Å². The number of carbonyl (C=O) groups excluding carboxylic acids is 2. The molecule has 0 atom stereocenters. The van der Waals surface area contributed by atoms with Gasteiger partial charge in [0.2, 0.25) is 0 Å². The van der Waals surface area contributed by atoms with Gasteiger partial charge in [-0.1, -0.05) is 48.5 Å². The molecule has 0 saturated carbocycles. The molecule has 0 fully saturated rings. The molecule has 0 aliphatic heterocycles. The van der Waals surface area contributed by atoms with Gasteiger partial charge < -0.3 is 15.0 Å². The monoisotopic (exact) mass is 374 g/mol. The van der Waals surface area contributed by atoms with Crippen LogP contribution < -0.4 is 10.2 Å². The molecule has 5 nitrogen and oxygen atoms in total. The molecule has 0 spiro atoms. The van der Waals surface area contributed by atoms with Crippen molar-refractivity contribution in [3.8, 4) is 11.1 Å². The first-order valence-corrected chi connectivity index (χ1v) is 8.93. The van der Waals surface area contributed by atoms with E-state index in [1.54, 1.807) is 12.1 Å². The molecular formula is C23H22N2O3. The van der Waals surface area contributed by atoms with Crippen molar-refractivity contribution in [1.29, 1.82) is 0 Å². The minimum Gasteiger partial charge on any atom is -0.452 e. The van der Waals surface area contributed by atoms with Crippen LogP contribution in [0.5, 0.6) is 0 Å². The Labute approximate surface area is 164 Å². The molecule has 1 amide bonds. The molecule has 28 heavy (non-hydrogen) atoms. The van der Waals surface area contributed by atoms with E-state index in [4.69, 9.17) is 4.74 Å². The molecular weight excluding hydrogens is 352 g/mol. The summed E-state index contributed by atoms with van der Waals surface area (Å²) in [5, 5.41) is 2.82. The molecule has 3 rings (SSSR count). The predicted octanol–water partition coefficient (Wildman–Crippen LogP) is 4.22. The normalized spacial score (nSPS) is 10.2. The summed E-state index contributed by atoms with van der Waals surface area (Å²) in [6.45, 7) is -0.350. The first-order valence-electron chi connectivity index (χ1n) is 8.93. The van der Waals surface area contributed by atoms with Crippen LogP contribution in [0.25, 0.3) is 11.1 Å². The van der Waals surface area contributed by atoms with E-state index in [0.29, 0.717) is 11.3 Å². The van der Waals surface area contributed by atoms with Crippen molar-refractivity contribution in [1.82, 2.24) is 0 Å². The van der Waals surface area contributed by atoms with Crippen molar-refractivity contribution in [3.05, 3.63) is 84.4 Å². The van der Waals surface area contributed by atoms with Crippen molar-refractivity contribution in [2.24, 2.45) is 0 Å². The second-order valence-corrected chi connectivity index (χ2v) is 6.48. The number of para-hydroxylation sites is 1. The van der Waals surface area contributed by atoms with Crippen LogP contribution in [0.2, 0.25) is 0 Å². The SMILES string of the molecule is CN(C)c1ccc(C(=O)OCC(=O)Nc2ccccc2-c2ccccc2)cc1. The standard InChI is InChI=1S/C23H22N2O3/c1-25(2)19-14-12-18(13-15-19)23(27)28-16-22(26)24-21-11-7-6-10-20(21)17-8-4-3-5-9-17/h3-15H,16H2,1-2H3,(H,24,26). The largest absolute Gasteiger partial charge is 0.452 e. The van der Waals surface area contributed by atoms with E-state index in [-0.39, 0.29) is 12.5 Å². The molecule has 0 bridgehead atoms. The summed E-state index contributed by atoms with van der Waals surface area (Å²) in [5.41, 5.74) is 3.96. The van der Waals surface area contributed by atoms with E-state index in [9.17, 15) is 9.59 Å².